The molecule has 5 rings (SSSR count). The molecule has 2 fully saturated rings. The number of amides is 1. The molecule has 0 radical (unpaired) electrons. The van der Waals surface area contributed by atoms with E-state index in [1.807, 2.05) is 51.9 Å². The number of piperidine rings is 2. The second-order valence-electron chi connectivity index (χ2n) is 8.76. The average molecular weight is 432 g/mol. The van der Waals surface area contributed by atoms with Crippen molar-refractivity contribution in [3.8, 4) is 0 Å². The van der Waals surface area contributed by atoms with E-state index in [-0.39, 0.29) is 17.6 Å². The number of aromatic nitrogens is 3. The molecule has 4 heterocycles. The highest BCUT2D eigenvalue weighted by molar-refractivity contribution is 5.91. The van der Waals surface area contributed by atoms with Gasteiger partial charge in [-0.15, -0.1) is 0 Å². The number of carbonyl (C=O) groups is 1. The first-order valence-corrected chi connectivity index (χ1v) is 11.5. The van der Waals surface area contributed by atoms with Gasteiger partial charge in [0.2, 0.25) is 5.91 Å². The van der Waals surface area contributed by atoms with Gasteiger partial charge >= 0.3 is 5.69 Å². The van der Waals surface area contributed by atoms with E-state index in [0.29, 0.717) is 6.04 Å². The Kier molecular flexibility index (Phi) is 5.90. The molecule has 7 heteroatoms. The lowest BCUT2D eigenvalue weighted by Gasteiger charge is -2.41. The molecule has 0 unspecified atom stereocenters. The maximum atomic E-state index is 12.5. The minimum Gasteiger partial charge on any atom is -0.339 e. The van der Waals surface area contributed by atoms with E-state index < -0.39 is 0 Å². The third-order valence-corrected chi connectivity index (χ3v) is 6.88. The van der Waals surface area contributed by atoms with Gasteiger partial charge in [0.25, 0.3) is 0 Å². The van der Waals surface area contributed by atoms with Crippen LogP contribution in [-0.4, -0.2) is 62.5 Å². The molecule has 166 valence electrons. The molecular weight excluding hydrogens is 402 g/mol. The number of likely N-dealkylation sites (tertiary alicyclic amines) is 2. The number of rotatable bonds is 4. The zero-order valence-electron chi connectivity index (χ0n) is 18.2. The molecule has 0 saturated carbocycles. The Morgan fingerprint density at radius 3 is 2.47 bits per heavy atom. The van der Waals surface area contributed by atoms with E-state index in [9.17, 15) is 9.59 Å². The molecule has 1 N–H and O–H groups in total. The van der Waals surface area contributed by atoms with Gasteiger partial charge in [-0.1, -0.05) is 18.2 Å². The fourth-order valence-corrected chi connectivity index (χ4v) is 5.14. The van der Waals surface area contributed by atoms with Gasteiger partial charge in [0.15, 0.2) is 0 Å². The second kappa shape index (κ2) is 9.12. The number of fused-ring (bicyclic) bond motifs is 1. The third kappa shape index (κ3) is 4.25. The highest BCUT2D eigenvalue weighted by Crippen LogP contribution is 2.28. The lowest BCUT2D eigenvalue weighted by Crippen LogP contribution is -2.49. The average Bonchev–Trinajstić information content (AvgIpc) is 3.19. The quantitative estimate of drug-likeness (QED) is 0.645. The summed E-state index contributed by atoms with van der Waals surface area (Å²) in [6.07, 6.45) is 10.9. The SMILES string of the molecule is O=C(C=Cc1cccnc1)N1CCC(N2CCC(n3c(=O)[nH]c4ccccc43)CC2)CC1. The summed E-state index contributed by atoms with van der Waals surface area (Å²) in [7, 11) is 0. The van der Waals surface area contributed by atoms with Crippen molar-refractivity contribution >= 4 is 23.0 Å². The Morgan fingerprint density at radius 2 is 1.72 bits per heavy atom. The first kappa shape index (κ1) is 20.7. The molecular formula is C25H29N5O2. The van der Waals surface area contributed by atoms with E-state index in [1.165, 1.54) is 0 Å². The van der Waals surface area contributed by atoms with Crippen LogP contribution in [0.4, 0.5) is 0 Å². The van der Waals surface area contributed by atoms with E-state index in [0.717, 1.165) is 68.5 Å². The summed E-state index contributed by atoms with van der Waals surface area (Å²) in [6, 6.07) is 12.5. The normalized spacial score (nSPS) is 19.2. The predicted molar refractivity (Wildman–Crippen MR) is 125 cm³/mol. The predicted octanol–water partition coefficient (Wildman–Crippen LogP) is 3.07. The number of hydrogen-bond donors (Lipinski definition) is 1. The summed E-state index contributed by atoms with van der Waals surface area (Å²) < 4.78 is 1.95. The number of carbonyl (C=O) groups excluding carboxylic acids is 1. The topological polar surface area (TPSA) is 74.2 Å². The van der Waals surface area contributed by atoms with Crippen LogP contribution in [0.25, 0.3) is 17.1 Å². The summed E-state index contributed by atoms with van der Waals surface area (Å²) in [5.41, 5.74) is 2.85. The van der Waals surface area contributed by atoms with Crippen LogP contribution < -0.4 is 5.69 Å². The molecule has 0 atom stereocenters. The van der Waals surface area contributed by atoms with Crippen molar-refractivity contribution < 1.29 is 4.79 Å². The number of imidazole rings is 1. The van der Waals surface area contributed by atoms with Crippen molar-refractivity contribution in [2.75, 3.05) is 26.2 Å². The molecule has 1 amide bonds. The molecule has 0 spiro atoms. The lowest BCUT2D eigenvalue weighted by molar-refractivity contribution is -0.127. The largest absolute Gasteiger partial charge is 0.339 e. The van der Waals surface area contributed by atoms with E-state index >= 15 is 0 Å². The van der Waals surface area contributed by atoms with E-state index in [4.69, 9.17) is 0 Å². The van der Waals surface area contributed by atoms with Gasteiger partial charge in [0.1, 0.15) is 0 Å². The number of H-pyrrole nitrogens is 1. The van der Waals surface area contributed by atoms with Gasteiger partial charge in [-0.2, -0.15) is 0 Å². The number of aromatic amines is 1. The molecule has 32 heavy (non-hydrogen) atoms. The molecule has 7 nitrogen and oxygen atoms in total. The van der Waals surface area contributed by atoms with Crippen molar-refractivity contribution in [1.29, 1.82) is 0 Å². The third-order valence-electron chi connectivity index (χ3n) is 6.88. The van der Waals surface area contributed by atoms with Crippen LogP contribution in [0.3, 0.4) is 0 Å². The summed E-state index contributed by atoms with van der Waals surface area (Å²) >= 11 is 0. The van der Waals surface area contributed by atoms with Crippen LogP contribution in [0.5, 0.6) is 0 Å². The standard InChI is InChI=1S/C25H29N5O2/c31-24(8-7-19-4-3-13-26-18-19)29-16-9-20(10-17-29)28-14-11-21(12-15-28)30-23-6-2-1-5-22(23)27-25(30)32/h1-8,13,18,20-21H,9-12,14-17H2,(H,27,32). The number of para-hydroxylation sites is 2. The first-order chi connectivity index (χ1) is 15.7. The Labute approximate surface area is 187 Å². The van der Waals surface area contributed by atoms with Crippen molar-refractivity contribution in [2.24, 2.45) is 0 Å². The van der Waals surface area contributed by atoms with Crippen LogP contribution in [0.2, 0.25) is 0 Å². The lowest BCUT2D eigenvalue weighted by atomic mass is 9.97. The number of pyridine rings is 1. The van der Waals surface area contributed by atoms with E-state index in [1.54, 1.807) is 18.5 Å². The Bertz CT molecular complexity index is 1150. The van der Waals surface area contributed by atoms with Crippen LogP contribution in [0.1, 0.15) is 37.3 Å². The number of hydrogen-bond acceptors (Lipinski definition) is 4. The minimum atomic E-state index is -0.00388. The Morgan fingerprint density at radius 1 is 0.969 bits per heavy atom. The van der Waals surface area contributed by atoms with Crippen molar-refractivity contribution in [1.82, 2.24) is 24.3 Å². The molecule has 2 aromatic heterocycles. The van der Waals surface area contributed by atoms with Crippen LogP contribution in [0.15, 0.2) is 59.7 Å². The maximum absolute atomic E-state index is 12.5. The fourth-order valence-electron chi connectivity index (χ4n) is 5.14. The zero-order chi connectivity index (χ0) is 21.9. The molecule has 2 saturated heterocycles. The number of benzene rings is 1. The second-order valence-corrected chi connectivity index (χ2v) is 8.76. The minimum absolute atomic E-state index is 0.00388. The van der Waals surface area contributed by atoms with Gasteiger partial charge < -0.3 is 14.8 Å². The van der Waals surface area contributed by atoms with Crippen LogP contribution >= 0.6 is 0 Å². The van der Waals surface area contributed by atoms with Gasteiger partial charge in [-0.25, -0.2) is 4.79 Å². The number of nitrogens with one attached hydrogen (secondary N) is 1. The van der Waals surface area contributed by atoms with Crippen molar-refractivity contribution in [3.63, 3.8) is 0 Å². The monoisotopic (exact) mass is 431 g/mol. The maximum Gasteiger partial charge on any atom is 0.326 e. The molecule has 2 aliphatic heterocycles. The molecule has 0 bridgehead atoms. The molecule has 3 aromatic rings. The van der Waals surface area contributed by atoms with Gasteiger partial charge in [0, 0.05) is 56.7 Å². The summed E-state index contributed by atoms with van der Waals surface area (Å²) in [4.78, 5) is 36.6. The van der Waals surface area contributed by atoms with E-state index in [2.05, 4.69) is 14.9 Å². The molecule has 0 aliphatic carbocycles. The van der Waals surface area contributed by atoms with Crippen LogP contribution in [0, 0.1) is 0 Å². The van der Waals surface area contributed by atoms with Crippen LogP contribution in [-0.2, 0) is 4.79 Å². The Hall–Kier alpha value is -3.19. The molecule has 2 aliphatic rings. The summed E-state index contributed by atoms with van der Waals surface area (Å²) in [5, 5.41) is 0. The fraction of sp³-hybridized carbons (Fsp3) is 0.400. The number of nitrogens with zero attached hydrogens (tertiary/aromatic N) is 4. The Balaban J connectivity index is 1.14. The zero-order valence-corrected chi connectivity index (χ0v) is 18.2. The van der Waals surface area contributed by atoms with Crippen molar-refractivity contribution in [3.05, 3.63) is 70.9 Å². The highest BCUT2D eigenvalue weighted by Gasteiger charge is 2.30. The molecule has 1 aromatic carbocycles. The first-order valence-electron chi connectivity index (χ1n) is 11.5. The van der Waals surface area contributed by atoms with Gasteiger partial charge in [-0.05, 0) is 55.5 Å². The summed E-state index contributed by atoms with van der Waals surface area (Å²) in [6.45, 7) is 3.58. The van der Waals surface area contributed by atoms with Crippen molar-refractivity contribution in [2.45, 2.75) is 37.8 Å². The highest BCUT2D eigenvalue weighted by atomic mass is 16.2. The van der Waals surface area contributed by atoms with Gasteiger partial charge in [0.05, 0.1) is 11.0 Å². The smallest absolute Gasteiger partial charge is 0.326 e. The summed E-state index contributed by atoms with van der Waals surface area (Å²) in [5.74, 6) is 0.0738. The van der Waals surface area contributed by atoms with Gasteiger partial charge in [-0.3, -0.25) is 14.3 Å².